The molecule has 8 heteroatoms. The van der Waals surface area contributed by atoms with Gasteiger partial charge in [-0.15, -0.1) is 0 Å². The zero-order valence-corrected chi connectivity index (χ0v) is 15.9. The number of rotatable bonds is 7. The zero-order chi connectivity index (χ0) is 20.6. The van der Waals surface area contributed by atoms with Gasteiger partial charge in [-0.2, -0.15) is 5.10 Å². The highest BCUT2D eigenvalue weighted by Gasteiger charge is 2.15. The van der Waals surface area contributed by atoms with Crippen molar-refractivity contribution in [1.82, 2.24) is 10.4 Å². The van der Waals surface area contributed by atoms with Crippen LogP contribution in [0.25, 0.3) is 0 Å². The number of amides is 1. The lowest BCUT2D eigenvalue weighted by molar-refractivity contribution is 0.0695. The number of hydrazone groups is 1. The molecule has 1 amide bonds. The van der Waals surface area contributed by atoms with Crippen molar-refractivity contribution in [3.05, 3.63) is 77.5 Å². The second kappa shape index (κ2) is 9.32. The summed E-state index contributed by atoms with van der Waals surface area (Å²) in [6.45, 7) is 4.03. The number of nitrogens with zero attached hydrogens (tertiary/aromatic N) is 2. The summed E-state index contributed by atoms with van der Waals surface area (Å²) in [5.74, 6) is -0.295. The van der Waals surface area contributed by atoms with Gasteiger partial charge in [0.25, 0.3) is 5.91 Å². The Kier molecular flexibility index (Phi) is 6.36. The van der Waals surface area contributed by atoms with Gasteiger partial charge >= 0.3 is 5.97 Å². The maximum atomic E-state index is 12.1. The van der Waals surface area contributed by atoms with Gasteiger partial charge in [0, 0.05) is 11.9 Å². The van der Waals surface area contributed by atoms with Crippen LogP contribution in [-0.2, 0) is 0 Å². The van der Waals surface area contributed by atoms with Crippen molar-refractivity contribution in [2.45, 2.75) is 13.8 Å². The molecule has 0 aliphatic heterocycles. The molecule has 0 saturated carbocycles. The van der Waals surface area contributed by atoms with Crippen LogP contribution in [0.3, 0.4) is 0 Å². The van der Waals surface area contributed by atoms with Gasteiger partial charge in [0.2, 0.25) is 5.76 Å². The number of aryl methyl sites for hydroxylation is 1. The number of nitrogens with one attached hydrogen (secondary N) is 1. The summed E-state index contributed by atoms with van der Waals surface area (Å²) in [5.41, 5.74) is 4.31. The fourth-order valence-corrected chi connectivity index (χ4v) is 2.33. The highest BCUT2D eigenvalue weighted by molar-refractivity contribution is 5.94. The van der Waals surface area contributed by atoms with Crippen molar-refractivity contribution in [2.24, 2.45) is 5.10 Å². The quantitative estimate of drug-likeness (QED) is 0.286. The Morgan fingerprint density at radius 2 is 2.07 bits per heavy atom. The number of carbonyl (C=O) groups is 2. The highest BCUT2D eigenvalue weighted by atomic mass is 16.6. The summed E-state index contributed by atoms with van der Waals surface area (Å²) in [6, 6.07) is 11.4. The molecule has 148 valence electrons. The Bertz CT molecular complexity index is 1010. The molecule has 8 nitrogen and oxygen atoms in total. The molecule has 29 heavy (non-hydrogen) atoms. The fourth-order valence-electron chi connectivity index (χ4n) is 2.33. The van der Waals surface area contributed by atoms with Crippen molar-refractivity contribution in [3.8, 4) is 11.5 Å². The third-order valence-corrected chi connectivity index (χ3v) is 3.75. The van der Waals surface area contributed by atoms with E-state index in [1.807, 2.05) is 13.8 Å². The smallest absolute Gasteiger partial charge is 0.379 e. The van der Waals surface area contributed by atoms with Crippen LogP contribution in [0.5, 0.6) is 11.5 Å². The average molecular weight is 393 g/mol. The van der Waals surface area contributed by atoms with E-state index in [0.717, 1.165) is 5.69 Å². The standard InChI is InChI=1S/C21H19N3O5/c1-3-27-19-11-15(7-9-17(19)29-21(26)18-5-4-10-28-18)12-23-24-20(25)16-8-6-14(2)22-13-16/h4-13H,3H2,1-2H3,(H,24,25)/b23-12-. The molecule has 0 atom stereocenters. The molecule has 0 unspecified atom stereocenters. The first-order valence-electron chi connectivity index (χ1n) is 8.85. The molecular formula is C21H19N3O5. The minimum Gasteiger partial charge on any atom is -0.490 e. The minimum atomic E-state index is -0.628. The van der Waals surface area contributed by atoms with Crippen LogP contribution >= 0.6 is 0 Å². The molecule has 0 aliphatic carbocycles. The largest absolute Gasteiger partial charge is 0.490 e. The van der Waals surface area contributed by atoms with Crippen molar-refractivity contribution in [1.29, 1.82) is 0 Å². The van der Waals surface area contributed by atoms with Gasteiger partial charge < -0.3 is 13.9 Å². The molecule has 1 aromatic carbocycles. The van der Waals surface area contributed by atoms with E-state index in [0.29, 0.717) is 23.5 Å². The van der Waals surface area contributed by atoms with Crippen molar-refractivity contribution >= 4 is 18.1 Å². The number of hydrogen-bond donors (Lipinski definition) is 1. The molecule has 3 rings (SSSR count). The lowest BCUT2D eigenvalue weighted by Gasteiger charge is -2.10. The van der Waals surface area contributed by atoms with Gasteiger partial charge in [-0.25, -0.2) is 10.2 Å². The monoisotopic (exact) mass is 393 g/mol. The van der Waals surface area contributed by atoms with Crippen LogP contribution < -0.4 is 14.9 Å². The van der Waals surface area contributed by atoms with Crippen LogP contribution in [0.2, 0.25) is 0 Å². The first-order valence-corrected chi connectivity index (χ1v) is 8.85. The molecule has 0 radical (unpaired) electrons. The second-order valence-corrected chi connectivity index (χ2v) is 5.89. The number of furan rings is 1. The predicted octanol–water partition coefficient (Wildman–Crippen LogP) is 3.36. The minimum absolute atomic E-state index is 0.0893. The predicted molar refractivity (Wildman–Crippen MR) is 105 cm³/mol. The third-order valence-electron chi connectivity index (χ3n) is 3.75. The van der Waals surface area contributed by atoms with Crippen LogP contribution in [-0.4, -0.2) is 29.7 Å². The molecule has 2 aromatic heterocycles. The van der Waals surface area contributed by atoms with E-state index in [-0.39, 0.29) is 17.4 Å². The van der Waals surface area contributed by atoms with Gasteiger partial charge in [0.05, 0.1) is 24.6 Å². The van der Waals surface area contributed by atoms with Crippen LogP contribution in [0.1, 0.15) is 39.1 Å². The SMILES string of the molecule is CCOc1cc(/C=N\NC(=O)c2ccc(C)nc2)ccc1OC(=O)c1ccco1. The Hall–Kier alpha value is -3.94. The molecule has 0 aliphatic rings. The first kappa shape index (κ1) is 19.8. The number of aromatic nitrogens is 1. The van der Waals surface area contributed by atoms with Crippen molar-refractivity contribution in [3.63, 3.8) is 0 Å². The van der Waals surface area contributed by atoms with E-state index in [2.05, 4.69) is 15.5 Å². The van der Waals surface area contributed by atoms with Crippen molar-refractivity contribution < 1.29 is 23.5 Å². The van der Waals surface area contributed by atoms with E-state index >= 15 is 0 Å². The topological polar surface area (TPSA) is 103 Å². The average Bonchev–Trinajstić information content (AvgIpc) is 3.25. The number of ether oxygens (including phenoxy) is 2. The number of benzene rings is 1. The summed E-state index contributed by atoms with van der Waals surface area (Å²) in [4.78, 5) is 28.2. The molecule has 0 saturated heterocycles. The van der Waals surface area contributed by atoms with Crippen LogP contribution in [0, 0.1) is 6.92 Å². The number of pyridine rings is 1. The van der Waals surface area contributed by atoms with Crippen molar-refractivity contribution in [2.75, 3.05) is 6.61 Å². The van der Waals surface area contributed by atoms with E-state index in [1.54, 1.807) is 36.4 Å². The van der Waals surface area contributed by atoms with Crippen LogP contribution in [0.15, 0.2) is 64.4 Å². The fraction of sp³-hybridized carbons (Fsp3) is 0.143. The maximum Gasteiger partial charge on any atom is 0.379 e. The van der Waals surface area contributed by atoms with Gasteiger partial charge in [-0.3, -0.25) is 9.78 Å². The van der Waals surface area contributed by atoms with Crippen LogP contribution in [0.4, 0.5) is 0 Å². The summed E-state index contributed by atoms with van der Waals surface area (Å²) in [5, 5.41) is 3.94. The van der Waals surface area contributed by atoms with Gasteiger partial charge in [-0.05, 0) is 61.9 Å². The Labute approximate surface area is 167 Å². The Morgan fingerprint density at radius 1 is 1.21 bits per heavy atom. The molecule has 3 aromatic rings. The van der Waals surface area contributed by atoms with Gasteiger partial charge in [-0.1, -0.05) is 0 Å². The first-order chi connectivity index (χ1) is 14.1. The third kappa shape index (κ3) is 5.29. The molecule has 0 bridgehead atoms. The van der Waals surface area contributed by atoms with Gasteiger partial charge in [0.1, 0.15) is 0 Å². The normalized spacial score (nSPS) is 10.7. The van der Waals surface area contributed by atoms with E-state index in [4.69, 9.17) is 13.9 Å². The Balaban J connectivity index is 1.68. The summed E-state index contributed by atoms with van der Waals surface area (Å²) < 4.78 is 15.9. The van der Waals surface area contributed by atoms with E-state index < -0.39 is 5.97 Å². The van der Waals surface area contributed by atoms with E-state index in [9.17, 15) is 9.59 Å². The van der Waals surface area contributed by atoms with Gasteiger partial charge in [0.15, 0.2) is 11.5 Å². The molecule has 1 N–H and O–H groups in total. The lowest BCUT2D eigenvalue weighted by Crippen LogP contribution is -2.17. The number of esters is 1. The maximum absolute atomic E-state index is 12.1. The summed E-state index contributed by atoms with van der Waals surface area (Å²) in [6.07, 6.45) is 4.33. The summed E-state index contributed by atoms with van der Waals surface area (Å²) in [7, 11) is 0. The second-order valence-electron chi connectivity index (χ2n) is 5.89. The van der Waals surface area contributed by atoms with E-state index in [1.165, 1.54) is 24.7 Å². The highest BCUT2D eigenvalue weighted by Crippen LogP contribution is 2.29. The molecule has 0 spiro atoms. The number of hydrogen-bond acceptors (Lipinski definition) is 7. The Morgan fingerprint density at radius 3 is 2.76 bits per heavy atom. The molecule has 0 fully saturated rings. The number of carbonyl (C=O) groups excluding carboxylic acids is 2. The molecular weight excluding hydrogens is 374 g/mol. The summed E-state index contributed by atoms with van der Waals surface area (Å²) >= 11 is 0. The lowest BCUT2D eigenvalue weighted by atomic mass is 10.2. The molecule has 2 heterocycles. The zero-order valence-electron chi connectivity index (χ0n) is 15.9.